The number of amides is 2. The number of halogens is 5. The molecule has 37 heavy (non-hydrogen) atoms. The third-order valence-electron chi connectivity index (χ3n) is 5.00. The third-order valence-corrected chi connectivity index (χ3v) is 6.87. The van der Waals surface area contributed by atoms with Crippen molar-refractivity contribution in [1.82, 2.24) is 4.90 Å². The Hall–Kier alpha value is -2.99. The number of nitrogens with one attached hydrogen (secondary N) is 1. The molecule has 0 radical (unpaired) electrons. The summed E-state index contributed by atoms with van der Waals surface area (Å²) < 4.78 is 73.9. The van der Waals surface area contributed by atoms with Crippen LogP contribution in [0.2, 0.25) is 10.0 Å². The van der Waals surface area contributed by atoms with Crippen molar-refractivity contribution >= 4 is 45.0 Å². The molecule has 7 nitrogen and oxygen atoms in total. The summed E-state index contributed by atoms with van der Waals surface area (Å²) in [5, 5.41) is 3.19. The topological polar surface area (TPSA) is 84.9 Å². The SMILES string of the molecule is COCCN(Cc1ccc(OS(=O)(=O)c2cccc(C(F)(F)F)c2)cc1)C(=O)Nc1c(Cl)cccc1Cl. The number of urea groups is 1. The summed E-state index contributed by atoms with van der Waals surface area (Å²) in [6.07, 6.45) is -4.70. The summed E-state index contributed by atoms with van der Waals surface area (Å²) in [7, 11) is -3.03. The van der Waals surface area contributed by atoms with E-state index in [1.165, 1.54) is 36.3 Å². The number of alkyl halides is 3. The molecule has 2 amide bonds. The molecule has 0 aromatic heterocycles. The quantitative estimate of drug-likeness (QED) is 0.295. The van der Waals surface area contributed by atoms with Crippen LogP contribution in [0.25, 0.3) is 0 Å². The van der Waals surface area contributed by atoms with Crippen molar-refractivity contribution in [2.45, 2.75) is 17.6 Å². The van der Waals surface area contributed by atoms with Crippen LogP contribution in [-0.2, 0) is 27.6 Å². The number of ether oxygens (including phenoxy) is 1. The van der Waals surface area contributed by atoms with E-state index in [1.807, 2.05) is 0 Å². The van der Waals surface area contributed by atoms with Crippen molar-refractivity contribution < 1.29 is 35.3 Å². The van der Waals surface area contributed by atoms with E-state index in [2.05, 4.69) is 5.32 Å². The fourth-order valence-corrected chi connectivity index (χ4v) is 4.60. The van der Waals surface area contributed by atoms with Crippen LogP contribution in [0.1, 0.15) is 11.1 Å². The maximum Gasteiger partial charge on any atom is 0.416 e. The van der Waals surface area contributed by atoms with Crippen LogP contribution in [0.5, 0.6) is 5.75 Å². The van der Waals surface area contributed by atoms with Crippen LogP contribution in [0, 0.1) is 0 Å². The lowest BCUT2D eigenvalue weighted by atomic mass is 10.2. The lowest BCUT2D eigenvalue weighted by Crippen LogP contribution is -2.37. The molecule has 0 unspecified atom stereocenters. The van der Waals surface area contributed by atoms with Crippen molar-refractivity contribution in [3.63, 3.8) is 0 Å². The molecule has 3 aromatic carbocycles. The number of hydrogen-bond acceptors (Lipinski definition) is 5. The first-order valence-electron chi connectivity index (χ1n) is 10.6. The minimum Gasteiger partial charge on any atom is -0.383 e. The molecule has 0 aliphatic rings. The second kappa shape index (κ2) is 12.0. The summed E-state index contributed by atoms with van der Waals surface area (Å²) in [4.78, 5) is 13.7. The molecule has 198 valence electrons. The summed E-state index contributed by atoms with van der Waals surface area (Å²) in [5.74, 6) is -0.114. The number of carbonyl (C=O) groups excluding carboxylic acids is 1. The number of hydrogen-bond donors (Lipinski definition) is 1. The number of methoxy groups -OCH3 is 1. The van der Waals surface area contributed by atoms with E-state index in [0.717, 1.165) is 18.2 Å². The van der Waals surface area contributed by atoms with Crippen molar-refractivity contribution in [3.05, 3.63) is 87.9 Å². The van der Waals surface area contributed by atoms with Crippen LogP contribution in [0.4, 0.5) is 23.7 Å². The molecule has 1 N–H and O–H groups in total. The minimum atomic E-state index is -4.70. The number of rotatable bonds is 9. The van der Waals surface area contributed by atoms with Crippen LogP contribution in [-0.4, -0.2) is 39.6 Å². The van der Waals surface area contributed by atoms with Gasteiger partial charge in [-0.15, -0.1) is 0 Å². The predicted molar refractivity (Wildman–Crippen MR) is 133 cm³/mol. The fraction of sp³-hybridized carbons (Fsp3) is 0.208. The summed E-state index contributed by atoms with van der Waals surface area (Å²) in [6, 6.07) is 13.3. The number of anilines is 1. The third kappa shape index (κ3) is 7.75. The van der Waals surface area contributed by atoms with E-state index in [1.54, 1.807) is 18.2 Å². The van der Waals surface area contributed by atoms with Crippen molar-refractivity contribution in [3.8, 4) is 5.75 Å². The maximum atomic E-state index is 12.9. The molecule has 0 fully saturated rings. The van der Waals surface area contributed by atoms with Crippen LogP contribution in [0.15, 0.2) is 71.6 Å². The zero-order valence-corrected chi connectivity index (χ0v) is 21.6. The highest BCUT2D eigenvalue weighted by atomic mass is 35.5. The van der Waals surface area contributed by atoms with Crippen LogP contribution in [0.3, 0.4) is 0 Å². The summed E-state index contributed by atoms with van der Waals surface area (Å²) in [6.45, 7) is 0.560. The van der Waals surface area contributed by atoms with Crippen LogP contribution >= 0.6 is 23.2 Å². The predicted octanol–water partition coefficient (Wildman–Crippen LogP) is 6.46. The zero-order chi connectivity index (χ0) is 27.2. The molecule has 0 saturated heterocycles. The van der Waals surface area contributed by atoms with Gasteiger partial charge in [-0.2, -0.15) is 21.6 Å². The number of para-hydroxylation sites is 1. The van der Waals surface area contributed by atoms with Crippen LogP contribution < -0.4 is 9.50 Å². The molecule has 0 aliphatic carbocycles. The van der Waals surface area contributed by atoms with Gasteiger partial charge >= 0.3 is 22.3 Å². The van der Waals surface area contributed by atoms with Gasteiger partial charge in [0.2, 0.25) is 0 Å². The van der Waals surface area contributed by atoms with Gasteiger partial charge in [-0.25, -0.2) is 4.79 Å². The first kappa shape index (κ1) is 28.6. The van der Waals surface area contributed by atoms with Crippen molar-refractivity contribution in [2.24, 2.45) is 0 Å². The average molecular weight is 577 g/mol. The number of benzene rings is 3. The molecule has 0 heterocycles. The van der Waals surface area contributed by atoms with Crippen molar-refractivity contribution in [1.29, 1.82) is 0 Å². The van der Waals surface area contributed by atoms with Gasteiger partial charge in [0, 0.05) is 20.2 Å². The Bertz CT molecular complexity index is 1330. The Morgan fingerprint density at radius 2 is 1.62 bits per heavy atom. The molecule has 0 bridgehead atoms. The molecule has 3 aromatic rings. The zero-order valence-electron chi connectivity index (χ0n) is 19.3. The average Bonchev–Trinajstić information content (AvgIpc) is 2.84. The first-order valence-corrected chi connectivity index (χ1v) is 12.8. The van der Waals surface area contributed by atoms with E-state index in [9.17, 15) is 26.4 Å². The Balaban J connectivity index is 1.73. The van der Waals surface area contributed by atoms with Gasteiger partial charge in [0.25, 0.3) is 0 Å². The first-order chi connectivity index (χ1) is 17.4. The van der Waals surface area contributed by atoms with E-state index in [4.69, 9.17) is 32.1 Å². The Morgan fingerprint density at radius 3 is 2.22 bits per heavy atom. The molecule has 13 heteroatoms. The molecule has 0 atom stereocenters. The number of carbonyl (C=O) groups is 1. The standard InChI is InChI=1S/C24H21Cl2F3N2O5S/c1-35-13-12-31(23(32)30-22-20(25)6-3-7-21(22)26)15-16-8-10-18(11-9-16)36-37(33,34)19-5-2-4-17(14-19)24(27,28)29/h2-11,14H,12-13,15H2,1H3,(H,30,32). The Morgan fingerprint density at radius 1 is 1.00 bits per heavy atom. The van der Waals surface area contributed by atoms with Crippen molar-refractivity contribution in [2.75, 3.05) is 25.6 Å². The highest BCUT2D eigenvalue weighted by Crippen LogP contribution is 2.32. The summed E-state index contributed by atoms with van der Waals surface area (Å²) in [5.41, 5.74) is -0.248. The smallest absolute Gasteiger partial charge is 0.383 e. The summed E-state index contributed by atoms with van der Waals surface area (Å²) >= 11 is 12.3. The molecule has 0 saturated carbocycles. The van der Waals surface area contributed by atoms with E-state index in [0.29, 0.717) is 11.6 Å². The van der Waals surface area contributed by atoms with Gasteiger partial charge in [-0.3, -0.25) is 0 Å². The monoisotopic (exact) mass is 576 g/mol. The highest BCUT2D eigenvalue weighted by molar-refractivity contribution is 7.87. The highest BCUT2D eigenvalue weighted by Gasteiger charge is 2.32. The molecule has 0 aliphatic heterocycles. The Labute approximate surface area is 221 Å². The normalized spacial score (nSPS) is 11.7. The second-order valence-corrected chi connectivity index (χ2v) is 10.0. The fourth-order valence-electron chi connectivity index (χ4n) is 3.13. The maximum absolute atomic E-state index is 12.9. The van der Waals surface area contributed by atoms with E-state index in [-0.39, 0.29) is 41.2 Å². The van der Waals surface area contributed by atoms with Gasteiger partial charge in [0.15, 0.2) is 0 Å². The van der Waals surface area contributed by atoms with E-state index >= 15 is 0 Å². The Kier molecular flexibility index (Phi) is 9.30. The van der Waals surface area contributed by atoms with Gasteiger partial charge < -0.3 is 19.1 Å². The van der Waals surface area contributed by atoms with Gasteiger partial charge in [0.1, 0.15) is 10.6 Å². The number of nitrogens with zero attached hydrogens (tertiary/aromatic N) is 1. The van der Waals surface area contributed by atoms with Gasteiger partial charge in [-0.05, 0) is 48.0 Å². The molecule has 3 rings (SSSR count). The van der Waals surface area contributed by atoms with Gasteiger partial charge in [0.05, 0.1) is 27.9 Å². The lowest BCUT2D eigenvalue weighted by molar-refractivity contribution is -0.137. The molecular weight excluding hydrogens is 556 g/mol. The molecule has 0 spiro atoms. The molecular formula is C24H21Cl2F3N2O5S. The van der Waals surface area contributed by atoms with Gasteiger partial charge in [-0.1, -0.05) is 47.5 Å². The second-order valence-electron chi connectivity index (χ2n) is 7.65. The largest absolute Gasteiger partial charge is 0.416 e. The van der Waals surface area contributed by atoms with E-state index < -0.39 is 32.8 Å². The lowest BCUT2D eigenvalue weighted by Gasteiger charge is -2.23. The minimum absolute atomic E-state index is 0.109.